The molecule has 10 heteroatoms. The molecule has 9 nitrogen and oxygen atoms in total. The first kappa shape index (κ1) is 21.5. The molecule has 4 aromatic rings. The van der Waals surface area contributed by atoms with Crippen molar-refractivity contribution in [3.63, 3.8) is 0 Å². The minimum atomic E-state index is -3.47. The number of nitrogens with zero attached hydrogens (tertiary/aromatic N) is 2. The predicted molar refractivity (Wildman–Crippen MR) is 122 cm³/mol. The second kappa shape index (κ2) is 8.77. The van der Waals surface area contributed by atoms with E-state index >= 15 is 0 Å². The van der Waals surface area contributed by atoms with Crippen LogP contribution in [0.5, 0.6) is 0 Å². The summed E-state index contributed by atoms with van der Waals surface area (Å²) in [7, 11) is -3.47. The van der Waals surface area contributed by atoms with E-state index in [9.17, 15) is 18.0 Å². The summed E-state index contributed by atoms with van der Waals surface area (Å²) < 4.78 is 33.0. The third-order valence-electron chi connectivity index (χ3n) is 4.71. The average molecular weight is 452 g/mol. The van der Waals surface area contributed by atoms with Gasteiger partial charge in [0.15, 0.2) is 0 Å². The Balaban J connectivity index is 1.45. The SMILES string of the molecule is C=CCNS(=O)(=O)Cc1ccc(NC(=O)Cn2cnc3c(oc4ccccc43)c2=O)cc1. The fraction of sp³-hybridized carbons (Fsp3) is 0.136. The Kier molecular flexibility index (Phi) is 5.89. The summed E-state index contributed by atoms with van der Waals surface area (Å²) in [6.45, 7) is 3.38. The van der Waals surface area contributed by atoms with E-state index in [2.05, 4.69) is 21.6 Å². The Morgan fingerprint density at radius 3 is 2.66 bits per heavy atom. The van der Waals surface area contributed by atoms with Crippen molar-refractivity contribution in [3.8, 4) is 0 Å². The summed E-state index contributed by atoms with van der Waals surface area (Å²) in [5.74, 6) is -0.620. The number of hydrogen-bond acceptors (Lipinski definition) is 6. The number of rotatable bonds is 8. The molecule has 1 amide bonds. The highest BCUT2D eigenvalue weighted by Gasteiger charge is 2.15. The maximum absolute atomic E-state index is 12.7. The first-order chi connectivity index (χ1) is 15.4. The minimum Gasteiger partial charge on any atom is -0.448 e. The lowest BCUT2D eigenvalue weighted by Crippen LogP contribution is -2.27. The van der Waals surface area contributed by atoms with Crippen molar-refractivity contribution < 1.29 is 17.6 Å². The van der Waals surface area contributed by atoms with Crippen molar-refractivity contribution >= 4 is 43.7 Å². The van der Waals surface area contributed by atoms with E-state index in [-0.39, 0.29) is 24.4 Å². The molecular formula is C22H20N4O5S. The van der Waals surface area contributed by atoms with Crippen LogP contribution < -0.4 is 15.6 Å². The van der Waals surface area contributed by atoms with Crippen LogP contribution in [0.4, 0.5) is 5.69 Å². The normalized spacial score (nSPS) is 11.6. The number of para-hydroxylation sites is 1. The number of nitrogens with one attached hydrogen (secondary N) is 2. The summed E-state index contributed by atoms with van der Waals surface area (Å²) in [6, 6.07) is 13.6. The molecule has 2 aromatic carbocycles. The van der Waals surface area contributed by atoms with Gasteiger partial charge in [0, 0.05) is 17.6 Å². The molecule has 0 unspecified atom stereocenters. The number of benzene rings is 2. The molecule has 0 bridgehead atoms. The predicted octanol–water partition coefficient (Wildman–Crippen LogP) is 2.39. The van der Waals surface area contributed by atoms with E-state index in [1.54, 1.807) is 36.4 Å². The lowest BCUT2D eigenvalue weighted by Gasteiger charge is -2.08. The molecule has 0 radical (unpaired) electrons. The molecule has 2 N–H and O–H groups in total. The maximum atomic E-state index is 12.7. The smallest absolute Gasteiger partial charge is 0.297 e. The second-order valence-corrected chi connectivity index (χ2v) is 8.90. The number of carbonyl (C=O) groups is 1. The van der Waals surface area contributed by atoms with Gasteiger partial charge in [-0.2, -0.15) is 0 Å². The number of aromatic nitrogens is 2. The molecule has 164 valence electrons. The van der Waals surface area contributed by atoms with E-state index in [1.165, 1.54) is 17.0 Å². The van der Waals surface area contributed by atoms with Crippen LogP contribution in [0, 0.1) is 0 Å². The van der Waals surface area contributed by atoms with Crippen LogP contribution in [0.1, 0.15) is 5.56 Å². The number of fused-ring (bicyclic) bond motifs is 3. The van der Waals surface area contributed by atoms with Gasteiger partial charge in [-0.15, -0.1) is 6.58 Å². The van der Waals surface area contributed by atoms with E-state index in [0.29, 0.717) is 22.4 Å². The van der Waals surface area contributed by atoms with Gasteiger partial charge in [0.25, 0.3) is 5.56 Å². The Hall–Kier alpha value is -3.76. The molecule has 0 saturated heterocycles. The van der Waals surface area contributed by atoms with Crippen molar-refractivity contribution in [1.82, 2.24) is 14.3 Å². The maximum Gasteiger partial charge on any atom is 0.297 e. The highest BCUT2D eigenvalue weighted by Crippen LogP contribution is 2.24. The largest absolute Gasteiger partial charge is 0.448 e. The van der Waals surface area contributed by atoms with Crippen molar-refractivity contribution in [1.29, 1.82) is 0 Å². The lowest BCUT2D eigenvalue weighted by atomic mass is 10.2. The summed E-state index contributed by atoms with van der Waals surface area (Å²) in [5, 5.41) is 3.42. The first-order valence-electron chi connectivity index (χ1n) is 9.70. The number of carbonyl (C=O) groups excluding carboxylic acids is 1. The second-order valence-electron chi connectivity index (χ2n) is 7.09. The molecule has 0 aliphatic carbocycles. The number of sulfonamides is 1. The van der Waals surface area contributed by atoms with E-state index < -0.39 is 21.5 Å². The monoisotopic (exact) mass is 452 g/mol. The van der Waals surface area contributed by atoms with Gasteiger partial charge in [-0.3, -0.25) is 14.2 Å². The van der Waals surface area contributed by atoms with Crippen LogP contribution >= 0.6 is 0 Å². The number of amides is 1. The van der Waals surface area contributed by atoms with E-state index in [0.717, 1.165) is 5.39 Å². The van der Waals surface area contributed by atoms with Crippen molar-refractivity contribution in [3.05, 3.63) is 83.4 Å². The van der Waals surface area contributed by atoms with Gasteiger partial charge in [-0.25, -0.2) is 18.1 Å². The molecule has 4 rings (SSSR count). The molecule has 0 aliphatic heterocycles. The molecule has 32 heavy (non-hydrogen) atoms. The van der Waals surface area contributed by atoms with Crippen molar-refractivity contribution in [2.75, 3.05) is 11.9 Å². The fourth-order valence-electron chi connectivity index (χ4n) is 3.22. The van der Waals surface area contributed by atoms with Gasteiger partial charge < -0.3 is 9.73 Å². The Morgan fingerprint density at radius 1 is 1.16 bits per heavy atom. The molecule has 0 aliphatic rings. The first-order valence-corrected chi connectivity index (χ1v) is 11.4. The van der Waals surface area contributed by atoms with Crippen LogP contribution in [0.25, 0.3) is 22.1 Å². The summed E-state index contributed by atoms with van der Waals surface area (Å²) >= 11 is 0. The summed E-state index contributed by atoms with van der Waals surface area (Å²) in [4.78, 5) is 29.4. The Bertz CT molecular complexity index is 1470. The molecular weight excluding hydrogens is 432 g/mol. The van der Waals surface area contributed by atoms with Crippen LogP contribution in [0.2, 0.25) is 0 Å². The van der Waals surface area contributed by atoms with Gasteiger partial charge in [0.2, 0.25) is 21.5 Å². The third kappa shape index (κ3) is 4.61. The fourth-order valence-corrected chi connectivity index (χ4v) is 4.33. The molecule has 0 atom stereocenters. The lowest BCUT2D eigenvalue weighted by molar-refractivity contribution is -0.116. The van der Waals surface area contributed by atoms with Gasteiger partial charge >= 0.3 is 0 Å². The van der Waals surface area contributed by atoms with Gasteiger partial charge in [-0.05, 0) is 29.8 Å². The Labute approximate surface area is 183 Å². The minimum absolute atomic E-state index is 0.0946. The van der Waals surface area contributed by atoms with Crippen LogP contribution in [0.3, 0.4) is 0 Å². The van der Waals surface area contributed by atoms with E-state index in [4.69, 9.17) is 4.42 Å². The highest BCUT2D eigenvalue weighted by atomic mass is 32.2. The Morgan fingerprint density at radius 2 is 1.91 bits per heavy atom. The van der Waals surface area contributed by atoms with Gasteiger partial charge in [0.05, 0.1) is 12.1 Å². The summed E-state index contributed by atoms with van der Waals surface area (Å²) in [5.41, 5.74) is 1.69. The average Bonchev–Trinajstić information content (AvgIpc) is 3.15. The van der Waals surface area contributed by atoms with E-state index in [1.807, 2.05) is 12.1 Å². The zero-order valence-corrected chi connectivity index (χ0v) is 17.8. The molecule has 0 fully saturated rings. The topological polar surface area (TPSA) is 123 Å². The number of anilines is 1. The van der Waals surface area contributed by atoms with Gasteiger partial charge in [-0.1, -0.05) is 30.3 Å². The number of hydrogen-bond donors (Lipinski definition) is 2. The zero-order chi connectivity index (χ0) is 22.7. The quantitative estimate of drug-likeness (QED) is 0.396. The molecule has 2 heterocycles. The highest BCUT2D eigenvalue weighted by molar-refractivity contribution is 7.88. The van der Waals surface area contributed by atoms with Crippen LogP contribution in [0.15, 0.2) is 76.7 Å². The van der Waals surface area contributed by atoms with Crippen LogP contribution in [-0.2, 0) is 27.1 Å². The van der Waals surface area contributed by atoms with Crippen LogP contribution in [-0.4, -0.2) is 30.4 Å². The summed E-state index contributed by atoms with van der Waals surface area (Å²) in [6.07, 6.45) is 2.78. The molecule has 0 saturated carbocycles. The molecule has 0 spiro atoms. The van der Waals surface area contributed by atoms with Crippen molar-refractivity contribution in [2.45, 2.75) is 12.3 Å². The molecule has 2 aromatic heterocycles. The number of furan rings is 1. The van der Waals surface area contributed by atoms with Gasteiger partial charge in [0.1, 0.15) is 17.6 Å². The zero-order valence-electron chi connectivity index (χ0n) is 16.9. The van der Waals surface area contributed by atoms with Crippen molar-refractivity contribution in [2.24, 2.45) is 0 Å². The standard InChI is InChI=1S/C22H20N4O5S/c1-2-11-24-32(29,30)13-15-7-9-16(10-8-15)25-19(27)12-26-14-23-20-17-5-3-4-6-18(17)31-21(20)22(26)28/h2-10,14,24H,1,11-13H2,(H,25,27). The third-order valence-corrected chi connectivity index (χ3v) is 6.03.